The monoisotopic (exact) mass is 395 g/mol. The fraction of sp³-hybridized carbons (Fsp3) is 0.267. The van der Waals surface area contributed by atoms with Gasteiger partial charge in [0.25, 0.3) is 5.91 Å². The Morgan fingerprint density at radius 3 is 3.00 bits per heavy atom. The Balaban J connectivity index is 1.68. The number of ether oxygens (including phenoxy) is 1. The number of carbonyl (C=O) groups is 2. The first kappa shape index (κ1) is 18.1. The molecule has 1 aromatic carbocycles. The molecule has 1 atom stereocenters. The minimum Gasteiger partial charge on any atom is -0.442 e. The zero-order chi connectivity index (χ0) is 18.7. The number of benzene rings is 1. The number of aromatic nitrogens is 2. The molecule has 1 fully saturated rings. The molecular formula is C15H14FN5O3S2. The second kappa shape index (κ2) is 7.70. The molecule has 11 heteroatoms. The van der Waals surface area contributed by atoms with Crippen LogP contribution in [0.5, 0.6) is 0 Å². The molecule has 2 N–H and O–H groups in total. The fourth-order valence-electron chi connectivity index (χ4n) is 2.32. The van der Waals surface area contributed by atoms with Gasteiger partial charge in [-0.15, -0.1) is 5.10 Å². The molecule has 1 aliphatic rings. The lowest BCUT2D eigenvalue weighted by Crippen LogP contribution is -2.32. The standard InChI is InChI=1S/C15H14FN5O3S2/c1-8(25)17-5-10-6-21(15(23)24-10)9-2-3-12(11(16)4-9)18-14(22)13-7-26-20-19-13/h2-4,7,10H,5-6H2,1H3,(H,17,25)(H,18,22)/t10-/m0/s1. The van der Waals surface area contributed by atoms with Gasteiger partial charge in [0.15, 0.2) is 5.69 Å². The third kappa shape index (κ3) is 4.11. The maximum atomic E-state index is 14.3. The Morgan fingerprint density at radius 1 is 1.54 bits per heavy atom. The first-order valence-corrected chi connectivity index (χ1v) is 8.79. The van der Waals surface area contributed by atoms with Crippen LogP contribution in [0.25, 0.3) is 0 Å². The van der Waals surface area contributed by atoms with E-state index in [1.165, 1.54) is 22.4 Å². The largest absolute Gasteiger partial charge is 0.442 e. The van der Waals surface area contributed by atoms with E-state index in [2.05, 4.69) is 20.2 Å². The molecule has 0 spiro atoms. The molecule has 136 valence electrons. The summed E-state index contributed by atoms with van der Waals surface area (Å²) in [4.78, 5) is 25.8. The molecule has 0 unspecified atom stereocenters. The third-order valence-electron chi connectivity index (χ3n) is 3.56. The lowest BCUT2D eigenvalue weighted by molar-refractivity contribution is 0.102. The number of nitrogens with one attached hydrogen (secondary N) is 2. The first-order valence-electron chi connectivity index (χ1n) is 7.54. The summed E-state index contributed by atoms with van der Waals surface area (Å²) in [6.45, 7) is 2.38. The Kier molecular flexibility index (Phi) is 5.38. The van der Waals surface area contributed by atoms with Crippen LogP contribution in [0.3, 0.4) is 0 Å². The van der Waals surface area contributed by atoms with Gasteiger partial charge >= 0.3 is 6.09 Å². The van der Waals surface area contributed by atoms with Crippen LogP contribution in [0, 0.1) is 5.82 Å². The molecule has 0 radical (unpaired) electrons. The van der Waals surface area contributed by atoms with Crippen molar-refractivity contribution in [2.24, 2.45) is 0 Å². The van der Waals surface area contributed by atoms with E-state index in [1.54, 1.807) is 6.92 Å². The van der Waals surface area contributed by atoms with Crippen LogP contribution < -0.4 is 15.5 Å². The van der Waals surface area contributed by atoms with Crippen molar-refractivity contribution < 1.29 is 18.7 Å². The smallest absolute Gasteiger partial charge is 0.414 e. The topological polar surface area (TPSA) is 96.5 Å². The molecule has 1 aliphatic heterocycles. The van der Waals surface area contributed by atoms with E-state index in [0.717, 1.165) is 17.6 Å². The predicted octanol–water partition coefficient (Wildman–Crippen LogP) is 2.19. The van der Waals surface area contributed by atoms with Crippen molar-refractivity contribution in [2.75, 3.05) is 23.3 Å². The molecule has 0 aliphatic carbocycles. The van der Waals surface area contributed by atoms with Crippen LogP contribution in [0.4, 0.5) is 20.6 Å². The van der Waals surface area contributed by atoms with Crippen molar-refractivity contribution >= 4 is 52.1 Å². The molecule has 2 heterocycles. The highest BCUT2D eigenvalue weighted by Crippen LogP contribution is 2.26. The summed E-state index contributed by atoms with van der Waals surface area (Å²) in [6.07, 6.45) is -0.955. The molecule has 3 rings (SSSR count). The van der Waals surface area contributed by atoms with Crippen LogP contribution in [-0.2, 0) is 4.74 Å². The van der Waals surface area contributed by atoms with E-state index in [0.29, 0.717) is 17.2 Å². The Bertz CT molecular complexity index is 846. The van der Waals surface area contributed by atoms with E-state index in [9.17, 15) is 14.0 Å². The summed E-state index contributed by atoms with van der Waals surface area (Å²) in [5.41, 5.74) is 0.419. The number of cyclic esters (lactones) is 1. The number of nitrogens with zero attached hydrogens (tertiary/aromatic N) is 3. The number of anilines is 2. The van der Waals surface area contributed by atoms with Gasteiger partial charge in [-0.2, -0.15) is 0 Å². The molecule has 0 bridgehead atoms. The summed E-state index contributed by atoms with van der Waals surface area (Å²) in [5.74, 6) is -1.24. The maximum Gasteiger partial charge on any atom is 0.414 e. The molecule has 0 saturated carbocycles. The summed E-state index contributed by atoms with van der Waals surface area (Å²) in [6, 6.07) is 4.07. The van der Waals surface area contributed by atoms with E-state index in [4.69, 9.17) is 17.0 Å². The predicted molar refractivity (Wildman–Crippen MR) is 98.2 cm³/mol. The van der Waals surface area contributed by atoms with Crippen LogP contribution in [0.2, 0.25) is 0 Å². The molecule has 8 nitrogen and oxygen atoms in total. The van der Waals surface area contributed by atoms with Crippen LogP contribution in [0.1, 0.15) is 17.4 Å². The van der Waals surface area contributed by atoms with Crippen molar-refractivity contribution in [2.45, 2.75) is 13.0 Å². The number of amides is 2. The number of hydrogen-bond donors (Lipinski definition) is 2. The van der Waals surface area contributed by atoms with Gasteiger partial charge in [0.1, 0.15) is 11.9 Å². The van der Waals surface area contributed by atoms with Crippen molar-refractivity contribution in [3.8, 4) is 0 Å². The fourth-order valence-corrected chi connectivity index (χ4v) is 2.84. The van der Waals surface area contributed by atoms with Gasteiger partial charge in [0.2, 0.25) is 0 Å². The number of rotatable bonds is 5. The van der Waals surface area contributed by atoms with Gasteiger partial charge in [-0.3, -0.25) is 9.69 Å². The van der Waals surface area contributed by atoms with Crippen molar-refractivity contribution in [3.05, 3.63) is 35.1 Å². The minimum atomic E-state index is -0.678. The second-order valence-corrected chi connectivity index (χ2v) is 6.68. The average molecular weight is 395 g/mol. The highest BCUT2D eigenvalue weighted by molar-refractivity contribution is 7.80. The van der Waals surface area contributed by atoms with Gasteiger partial charge in [-0.1, -0.05) is 16.7 Å². The van der Waals surface area contributed by atoms with Crippen molar-refractivity contribution in [3.63, 3.8) is 0 Å². The zero-order valence-electron chi connectivity index (χ0n) is 13.6. The SMILES string of the molecule is CC(=S)NC[C@H]1CN(c2ccc(NC(=O)c3csnn3)c(F)c2)C(=O)O1. The van der Waals surface area contributed by atoms with E-state index >= 15 is 0 Å². The van der Waals surface area contributed by atoms with Crippen molar-refractivity contribution in [1.29, 1.82) is 0 Å². The normalized spacial score (nSPS) is 16.3. The third-order valence-corrected chi connectivity index (χ3v) is 4.21. The van der Waals surface area contributed by atoms with Gasteiger partial charge in [0, 0.05) is 5.38 Å². The Hall–Kier alpha value is -2.66. The number of halogens is 1. The highest BCUT2D eigenvalue weighted by Gasteiger charge is 2.32. The summed E-state index contributed by atoms with van der Waals surface area (Å²) in [5, 5.41) is 10.4. The van der Waals surface area contributed by atoms with Crippen molar-refractivity contribution in [1.82, 2.24) is 14.9 Å². The molecular weight excluding hydrogens is 381 g/mol. The minimum absolute atomic E-state index is 0.0196. The van der Waals surface area contributed by atoms with Gasteiger partial charge < -0.3 is 15.4 Å². The Labute approximate surface area is 157 Å². The molecule has 26 heavy (non-hydrogen) atoms. The lowest BCUT2D eigenvalue weighted by Gasteiger charge is -2.14. The van der Waals surface area contributed by atoms with E-state index < -0.39 is 17.8 Å². The molecule has 2 amide bonds. The van der Waals surface area contributed by atoms with Gasteiger partial charge in [0.05, 0.1) is 29.5 Å². The summed E-state index contributed by atoms with van der Waals surface area (Å²) < 4.78 is 23.1. The molecule has 2 aromatic rings. The summed E-state index contributed by atoms with van der Waals surface area (Å²) in [7, 11) is 0. The number of thiocarbonyl (C=S) groups is 1. The molecule has 1 saturated heterocycles. The van der Waals surface area contributed by atoms with E-state index in [1.807, 2.05) is 0 Å². The van der Waals surface area contributed by atoms with Crippen LogP contribution in [-0.4, -0.2) is 45.8 Å². The average Bonchev–Trinajstić information content (AvgIpc) is 3.24. The second-order valence-electron chi connectivity index (χ2n) is 5.46. The highest BCUT2D eigenvalue weighted by atomic mass is 32.1. The number of hydrogen-bond acceptors (Lipinski definition) is 7. The molecule has 1 aromatic heterocycles. The zero-order valence-corrected chi connectivity index (χ0v) is 15.2. The maximum absolute atomic E-state index is 14.3. The van der Waals surface area contributed by atoms with Crippen LogP contribution >= 0.6 is 23.8 Å². The van der Waals surface area contributed by atoms with Crippen LogP contribution in [0.15, 0.2) is 23.6 Å². The lowest BCUT2D eigenvalue weighted by atomic mass is 10.2. The Morgan fingerprint density at radius 2 is 2.35 bits per heavy atom. The first-order chi connectivity index (χ1) is 12.4. The number of carbonyl (C=O) groups excluding carboxylic acids is 2. The quantitative estimate of drug-likeness (QED) is 0.749. The van der Waals surface area contributed by atoms with Gasteiger partial charge in [-0.25, -0.2) is 9.18 Å². The van der Waals surface area contributed by atoms with Gasteiger partial charge in [-0.05, 0) is 36.7 Å². The van der Waals surface area contributed by atoms with E-state index in [-0.39, 0.29) is 24.0 Å². The summed E-state index contributed by atoms with van der Waals surface area (Å²) >= 11 is 5.94.